The predicted molar refractivity (Wildman–Crippen MR) is 122 cm³/mol. The average Bonchev–Trinajstić information content (AvgIpc) is 2.79. The monoisotopic (exact) mass is 474 g/mol. The van der Waals surface area contributed by atoms with E-state index in [0.29, 0.717) is 37.6 Å². The number of rotatable bonds is 12. The molecule has 1 aliphatic heterocycles. The van der Waals surface area contributed by atoms with E-state index >= 15 is 0 Å². The van der Waals surface area contributed by atoms with E-state index < -0.39 is 11.8 Å². The van der Waals surface area contributed by atoms with Gasteiger partial charge in [-0.3, -0.25) is 10.2 Å². The number of nitrogens with zero attached hydrogens (tertiary/aromatic N) is 4. The number of aliphatic hydroxyl groups is 1. The quantitative estimate of drug-likeness (QED) is 0.135. The van der Waals surface area contributed by atoms with Gasteiger partial charge in [0.1, 0.15) is 31.3 Å². The number of carbonyl (C=O) groups excluding carboxylic acids is 1. The summed E-state index contributed by atoms with van der Waals surface area (Å²) in [6.45, 7) is 1.04. The van der Waals surface area contributed by atoms with Crippen molar-refractivity contribution in [3.63, 3.8) is 0 Å². The topological polar surface area (TPSA) is 156 Å². The summed E-state index contributed by atoms with van der Waals surface area (Å²) >= 11 is 0. The van der Waals surface area contributed by atoms with Crippen molar-refractivity contribution in [1.82, 2.24) is 9.97 Å². The molecular weight excluding hydrogens is 447 g/mol. The number of aromatic nitrogens is 2. The number of esters is 1. The van der Waals surface area contributed by atoms with Gasteiger partial charge in [-0.15, -0.1) is 0 Å². The number of nitrogens with one attached hydrogen (secondary N) is 1. The molecular formula is C22H27FN6O5. The van der Waals surface area contributed by atoms with Gasteiger partial charge in [0.15, 0.2) is 0 Å². The van der Waals surface area contributed by atoms with Gasteiger partial charge in [-0.05, 0) is 0 Å². The van der Waals surface area contributed by atoms with Gasteiger partial charge in [0.25, 0.3) is 0 Å². The van der Waals surface area contributed by atoms with Crippen LogP contribution in [-0.4, -0.2) is 72.1 Å². The fourth-order valence-corrected chi connectivity index (χ4v) is 3.10. The van der Waals surface area contributed by atoms with E-state index in [-0.39, 0.29) is 42.7 Å². The number of methoxy groups -OCH3 is 1. The standard InChI is InChI=1S/C22H27FN6O5/c1-32-17(12-30)5-6-34-28-16-10-29(11-16)22-26-8-15(9-27-22)18-4-2-3-14(21(18)23)13-33-20(31)7-19(24)25/h2-4,8-9,17,30H,5-7,10-13H2,1H3,(H3,24,25). The highest BCUT2D eigenvalue weighted by atomic mass is 19.1. The minimum Gasteiger partial charge on any atom is -0.460 e. The van der Waals surface area contributed by atoms with E-state index in [1.54, 1.807) is 12.1 Å². The molecule has 1 aromatic heterocycles. The van der Waals surface area contributed by atoms with Crippen LogP contribution in [0.15, 0.2) is 35.7 Å². The molecule has 1 aliphatic rings. The number of ether oxygens (including phenoxy) is 2. The minimum absolute atomic E-state index is 0.0691. The van der Waals surface area contributed by atoms with Crippen LogP contribution in [0, 0.1) is 11.2 Å². The Labute approximate surface area is 195 Å². The summed E-state index contributed by atoms with van der Waals surface area (Å²) in [5.41, 5.74) is 6.95. The molecule has 0 amide bonds. The van der Waals surface area contributed by atoms with Gasteiger partial charge in [0.05, 0.1) is 31.5 Å². The molecule has 11 nitrogen and oxygen atoms in total. The van der Waals surface area contributed by atoms with Crippen LogP contribution >= 0.6 is 0 Å². The number of aliphatic hydroxyl groups excluding tert-OH is 1. The van der Waals surface area contributed by atoms with E-state index in [9.17, 15) is 9.18 Å². The summed E-state index contributed by atoms with van der Waals surface area (Å²) in [5.74, 6) is -1.07. The van der Waals surface area contributed by atoms with Crippen molar-refractivity contribution in [3.8, 4) is 11.1 Å². The van der Waals surface area contributed by atoms with Gasteiger partial charge in [-0.25, -0.2) is 14.4 Å². The van der Waals surface area contributed by atoms with E-state index in [2.05, 4.69) is 15.1 Å². The van der Waals surface area contributed by atoms with E-state index in [4.69, 9.17) is 30.6 Å². The number of amidine groups is 1. The highest BCUT2D eigenvalue weighted by molar-refractivity contribution is 5.98. The summed E-state index contributed by atoms with van der Waals surface area (Å²) in [6.07, 6.45) is 2.98. The summed E-state index contributed by atoms with van der Waals surface area (Å²) in [7, 11) is 1.53. The summed E-state index contributed by atoms with van der Waals surface area (Å²) < 4.78 is 25.0. The first kappa shape index (κ1) is 25.0. The number of nitrogens with two attached hydrogens (primary N) is 1. The molecule has 0 bridgehead atoms. The van der Waals surface area contributed by atoms with E-state index in [0.717, 1.165) is 5.71 Å². The number of carbonyl (C=O) groups is 1. The van der Waals surface area contributed by atoms with Gasteiger partial charge in [0, 0.05) is 42.6 Å². The van der Waals surface area contributed by atoms with Gasteiger partial charge >= 0.3 is 5.97 Å². The van der Waals surface area contributed by atoms with Crippen molar-refractivity contribution < 1.29 is 28.6 Å². The van der Waals surface area contributed by atoms with Crippen LogP contribution in [-0.2, 0) is 25.7 Å². The van der Waals surface area contributed by atoms with Crippen molar-refractivity contribution in [2.75, 3.05) is 38.3 Å². The second-order valence-electron chi connectivity index (χ2n) is 7.59. The maximum Gasteiger partial charge on any atom is 0.313 e. The molecule has 1 unspecified atom stereocenters. The van der Waals surface area contributed by atoms with Crippen LogP contribution in [0.1, 0.15) is 18.4 Å². The zero-order valence-electron chi connectivity index (χ0n) is 18.7. The molecule has 1 aromatic carbocycles. The lowest BCUT2D eigenvalue weighted by atomic mass is 10.1. The fraction of sp³-hybridized carbons (Fsp3) is 0.409. The molecule has 182 valence electrons. The van der Waals surface area contributed by atoms with Gasteiger partial charge in [-0.2, -0.15) is 0 Å². The molecule has 0 radical (unpaired) electrons. The molecule has 0 aliphatic carbocycles. The molecule has 1 atom stereocenters. The van der Waals surface area contributed by atoms with Crippen molar-refractivity contribution in [1.29, 1.82) is 5.41 Å². The van der Waals surface area contributed by atoms with Crippen molar-refractivity contribution in [3.05, 3.63) is 42.0 Å². The summed E-state index contributed by atoms with van der Waals surface area (Å²) in [6, 6.07) is 4.75. The predicted octanol–water partition coefficient (Wildman–Crippen LogP) is 1.24. The molecule has 0 saturated carbocycles. The molecule has 12 heteroatoms. The fourth-order valence-electron chi connectivity index (χ4n) is 3.10. The zero-order valence-corrected chi connectivity index (χ0v) is 18.7. The van der Waals surface area contributed by atoms with E-state index in [1.807, 2.05) is 4.90 Å². The second-order valence-corrected chi connectivity index (χ2v) is 7.59. The van der Waals surface area contributed by atoms with E-state index in [1.165, 1.54) is 25.6 Å². The van der Waals surface area contributed by atoms with Crippen molar-refractivity contribution in [2.45, 2.75) is 25.6 Å². The first-order valence-corrected chi connectivity index (χ1v) is 10.6. The highest BCUT2D eigenvalue weighted by Gasteiger charge is 2.25. The number of oxime groups is 1. The second kappa shape index (κ2) is 12.0. The Bertz CT molecular complexity index is 1020. The Hall–Kier alpha value is -3.64. The Morgan fingerprint density at radius 1 is 1.35 bits per heavy atom. The third-order valence-electron chi connectivity index (χ3n) is 5.04. The van der Waals surface area contributed by atoms with Crippen molar-refractivity contribution in [2.24, 2.45) is 10.9 Å². The molecule has 4 N–H and O–H groups in total. The van der Waals surface area contributed by atoms with Crippen LogP contribution < -0.4 is 10.6 Å². The summed E-state index contributed by atoms with van der Waals surface area (Å²) in [4.78, 5) is 27.3. The van der Waals surface area contributed by atoms with Crippen LogP contribution in [0.5, 0.6) is 0 Å². The molecule has 2 heterocycles. The lowest BCUT2D eigenvalue weighted by Gasteiger charge is -2.31. The third-order valence-corrected chi connectivity index (χ3v) is 5.04. The zero-order chi connectivity index (χ0) is 24.5. The number of halogens is 1. The van der Waals surface area contributed by atoms with Crippen LogP contribution in [0.2, 0.25) is 0 Å². The maximum absolute atomic E-state index is 14.9. The summed E-state index contributed by atoms with van der Waals surface area (Å²) in [5, 5.41) is 20.2. The number of benzene rings is 1. The SMILES string of the molecule is COC(CO)CCON=C1CN(c2ncc(-c3cccc(COC(=O)CC(=N)N)c3F)cn2)C1. The Balaban J connectivity index is 1.54. The Morgan fingerprint density at radius 3 is 2.74 bits per heavy atom. The van der Waals surface area contributed by atoms with Crippen molar-refractivity contribution >= 4 is 23.5 Å². The van der Waals surface area contributed by atoms with Gasteiger partial charge in [0.2, 0.25) is 5.95 Å². The number of hydrogen-bond donors (Lipinski definition) is 3. The molecule has 1 fully saturated rings. The highest BCUT2D eigenvalue weighted by Crippen LogP contribution is 2.26. The van der Waals surface area contributed by atoms with Gasteiger partial charge in [-0.1, -0.05) is 23.4 Å². The Morgan fingerprint density at radius 2 is 2.09 bits per heavy atom. The maximum atomic E-state index is 14.9. The smallest absolute Gasteiger partial charge is 0.313 e. The largest absolute Gasteiger partial charge is 0.460 e. The van der Waals surface area contributed by atoms with Gasteiger partial charge < -0.3 is 30.1 Å². The lowest BCUT2D eigenvalue weighted by Crippen LogP contribution is -2.48. The first-order chi connectivity index (χ1) is 16.4. The normalized spacial score (nSPS) is 13.7. The Kier molecular flexibility index (Phi) is 8.82. The first-order valence-electron chi connectivity index (χ1n) is 10.6. The molecule has 2 aromatic rings. The number of anilines is 1. The minimum atomic E-state index is -0.697. The lowest BCUT2D eigenvalue weighted by molar-refractivity contribution is -0.143. The molecule has 1 saturated heterocycles. The van der Waals surface area contributed by atoms with Crippen LogP contribution in [0.3, 0.4) is 0 Å². The number of hydrogen-bond acceptors (Lipinski definition) is 10. The third kappa shape index (κ3) is 6.68. The van der Waals surface area contributed by atoms with Crippen LogP contribution in [0.4, 0.5) is 10.3 Å². The average molecular weight is 474 g/mol. The molecule has 0 spiro atoms. The van der Waals surface area contributed by atoms with Crippen LogP contribution in [0.25, 0.3) is 11.1 Å². The molecule has 34 heavy (non-hydrogen) atoms. The molecule has 3 rings (SSSR count).